The second kappa shape index (κ2) is 6.72. The fourth-order valence-corrected chi connectivity index (χ4v) is 2.68. The van der Waals surface area contributed by atoms with Crippen molar-refractivity contribution in [2.45, 2.75) is 45.6 Å². The molecule has 2 amide bonds. The molecule has 114 valence electrons. The van der Waals surface area contributed by atoms with E-state index in [4.69, 9.17) is 5.73 Å². The molecule has 21 heavy (non-hydrogen) atoms. The highest BCUT2D eigenvalue weighted by Crippen LogP contribution is 2.28. The van der Waals surface area contributed by atoms with Gasteiger partial charge in [0.05, 0.1) is 5.92 Å². The summed E-state index contributed by atoms with van der Waals surface area (Å²) in [6.45, 7) is 3.69. The number of nitrogens with two attached hydrogens (primary N) is 1. The van der Waals surface area contributed by atoms with Crippen LogP contribution in [0.4, 0.5) is 11.4 Å². The number of carbonyl (C=O) groups is 2. The average molecular weight is 289 g/mol. The predicted molar refractivity (Wildman–Crippen MR) is 84.0 cm³/mol. The second-order valence-electron chi connectivity index (χ2n) is 5.57. The number of hydrogen-bond acceptors (Lipinski definition) is 3. The monoisotopic (exact) mass is 289 g/mol. The van der Waals surface area contributed by atoms with Gasteiger partial charge in [0.1, 0.15) is 0 Å². The quantitative estimate of drug-likeness (QED) is 0.795. The van der Waals surface area contributed by atoms with Gasteiger partial charge >= 0.3 is 0 Å². The van der Waals surface area contributed by atoms with E-state index in [1.807, 2.05) is 25.1 Å². The smallest absolute Gasteiger partial charge is 0.229 e. The normalized spacial score (nSPS) is 21.1. The van der Waals surface area contributed by atoms with Gasteiger partial charge in [-0.25, -0.2) is 0 Å². The van der Waals surface area contributed by atoms with Crippen molar-refractivity contribution in [2.24, 2.45) is 11.7 Å². The zero-order valence-electron chi connectivity index (χ0n) is 12.6. The van der Waals surface area contributed by atoms with Gasteiger partial charge < -0.3 is 16.4 Å². The summed E-state index contributed by atoms with van der Waals surface area (Å²) in [5.41, 5.74) is 8.29. The highest BCUT2D eigenvalue weighted by Gasteiger charge is 2.30. The number of benzene rings is 1. The second-order valence-corrected chi connectivity index (χ2v) is 5.57. The number of rotatable bonds is 4. The molecule has 0 saturated heterocycles. The molecule has 0 heterocycles. The van der Waals surface area contributed by atoms with E-state index in [2.05, 4.69) is 10.6 Å². The van der Waals surface area contributed by atoms with Crippen molar-refractivity contribution in [3.05, 3.63) is 23.8 Å². The molecule has 5 nitrogen and oxygen atoms in total. The van der Waals surface area contributed by atoms with Crippen LogP contribution in [0.3, 0.4) is 0 Å². The number of amides is 2. The van der Waals surface area contributed by atoms with E-state index in [9.17, 15) is 9.59 Å². The Balaban J connectivity index is 2.11. The topological polar surface area (TPSA) is 84.2 Å². The highest BCUT2D eigenvalue weighted by molar-refractivity contribution is 5.96. The van der Waals surface area contributed by atoms with Gasteiger partial charge in [-0.05, 0) is 37.5 Å². The summed E-state index contributed by atoms with van der Waals surface area (Å²) in [5, 5.41) is 5.78. The SMILES string of the molecule is CCC(=O)Nc1cccc(NC(=O)C2CCCC2N)c1C. The Morgan fingerprint density at radius 3 is 2.48 bits per heavy atom. The Hall–Kier alpha value is -1.88. The van der Waals surface area contributed by atoms with Crippen LogP contribution in [0.15, 0.2) is 18.2 Å². The molecular weight excluding hydrogens is 266 g/mol. The van der Waals surface area contributed by atoms with Gasteiger partial charge in [-0.1, -0.05) is 19.4 Å². The first kappa shape index (κ1) is 15.5. The Morgan fingerprint density at radius 2 is 1.90 bits per heavy atom. The standard InChI is InChI=1S/C16H23N3O2/c1-3-15(20)18-13-8-5-9-14(10(13)2)19-16(21)11-6-4-7-12(11)17/h5,8-9,11-12H,3-4,6-7,17H2,1-2H3,(H,18,20)(H,19,21). The van der Waals surface area contributed by atoms with Crippen LogP contribution in [0, 0.1) is 12.8 Å². The summed E-state index contributed by atoms with van der Waals surface area (Å²) in [5.74, 6) is -0.181. The Bertz CT molecular complexity index is 542. The molecule has 1 aliphatic carbocycles. The van der Waals surface area contributed by atoms with Crippen LogP contribution in [0.5, 0.6) is 0 Å². The van der Waals surface area contributed by atoms with Gasteiger partial charge in [0.15, 0.2) is 0 Å². The van der Waals surface area contributed by atoms with E-state index in [-0.39, 0.29) is 23.8 Å². The van der Waals surface area contributed by atoms with Crippen LogP contribution in [0.2, 0.25) is 0 Å². The minimum absolute atomic E-state index is 0.0259. The van der Waals surface area contributed by atoms with E-state index in [0.29, 0.717) is 6.42 Å². The molecule has 1 saturated carbocycles. The molecule has 2 atom stereocenters. The van der Waals surface area contributed by atoms with Gasteiger partial charge in [0.25, 0.3) is 0 Å². The zero-order chi connectivity index (χ0) is 15.4. The first-order chi connectivity index (χ1) is 10.0. The van der Waals surface area contributed by atoms with E-state index in [1.54, 1.807) is 6.92 Å². The summed E-state index contributed by atoms with van der Waals surface area (Å²) in [4.78, 5) is 23.8. The van der Waals surface area contributed by atoms with Gasteiger partial charge in [0.2, 0.25) is 11.8 Å². The first-order valence-electron chi connectivity index (χ1n) is 7.48. The van der Waals surface area contributed by atoms with Crippen molar-refractivity contribution in [2.75, 3.05) is 10.6 Å². The number of carbonyl (C=O) groups excluding carboxylic acids is 2. The van der Waals surface area contributed by atoms with Crippen LogP contribution in [-0.4, -0.2) is 17.9 Å². The minimum atomic E-state index is -0.113. The predicted octanol–water partition coefficient (Wildman–Crippen LogP) is 2.41. The summed E-state index contributed by atoms with van der Waals surface area (Å²) in [6, 6.07) is 5.45. The van der Waals surface area contributed by atoms with Crippen molar-refractivity contribution in [3.8, 4) is 0 Å². The van der Waals surface area contributed by atoms with E-state index < -0.39 is 0 Å². The van der Waals surface area contributed by atoms with Crippen LogP contribution < -0.4 is 16.4 Å². The molecule has 0 radical (unpaired) electrons. The van der Waals surface area contributed by atoms with E-state index in [1.165, 1.54) is 0 Å². The fourth-order valence-electron chi connectivity index (χ4n) is 2.68. The van der Waals surface area contributed by atoms with Crippen molar-refractivity contribution in [1.82, 2.24) is 0 Å². The molecule has 0 bridgehead atoms. The molecule has 1 aromatic carbocycles. The Kier molecular flexibility index (Phi) is 4.96. The summed E-state index contributed by atoms with van der Waals surface area (Å²) in [7, 11) is 0. The third-order valence-electron chi connectivity index (χ3n) is 4.09. The Morgan fingerprint density at radius 1 is 1.24 bits per heavy atom. The molecule has 0 aliphatic heterocycles. The van der Waals surface area contributed by atoms with Gasteiger partial charge in [-0.2, -0.15) is 0 Å². The number of hydrogen-bond donors (Lipinski definition) is 3. The van der Waals surface area contributed by atoms with Crippen LogP contribution in [0.25, 0.3) is 0 Å². The van der Waals surface area contributed by atoms with Crippen molar-refractivity contribution >= 4 is 23.2 Å². The highest BCUT2D eigenvalue weighted by atomic mass is 16.2. The van der Waals surface area contributed by atoms with Gasteiger partial charge in [0, 0.05) is 23.8 Å². The molecule has 1 aliphatic rings. The van der Waals surface area contributed by atoms with E-state index in [0.717, 1.165) is 36.2 Å². The van der Waals surface area contributed by atoms with Gasteiger partial charge in [-0.15, -0.1) is 0 Å². The Labute approximate surface area is 125 Å². The summed E-state index contributed by atoms with van der Waals surface area (Å²) < 4.78 is 0. The maximum atomic E-state index is 12.3. The third kappa shape index (κ3) is 3.61. The fraction of sp³-hybridized carbons (Fsp3) is 0.500. The third-order valence-corrected chi connectivity index (χ3v) is 4.09. The molecule has 2 rings (SSSR count). The molecule has 1 aromatic rings. The van der Waals surface area contributed by atoms with Crippen LogP contribution in [-0.2, 0) is 9.59 Å². The van der Waals surface area contributed by atoms with Crippen LogP contribution in [0.1, 0.15) is 38.2 Å². The average Bonchev–Trinajstić information content (AvgIpc) is 2.89. The molecule has 2 unspecified atom stereocenters. The molecule has 1 fully saturated rings. The lowest BCUT2D eigenvalue weighted by atomic mass is 10.0. The first-order valence-corrected chi connectivity index (χ1v) is 7.48. The lowest BCUT2D eigenvalue weighted by Crippen LogP contribution is -2.34. The number of anilines is 2. The maximum absolute atomic E-state index is 12.3. The molecule has 5 heteroatoms. The van der Waals surface area contributed by atoms with Crippen molar-refractivity contribution < 1.29 is 9.59 Å². The molecule has 0 aromatic heterocycles. The van der Waals surface area contributed by atoms with Crippen LogP contribution >= 0.6 is 0 Å². The molecular formula is C16H23N3O2. The zero-order valence-corrected chi connectivity index (χ0v) is 12.6. The lowest BCUT2D eigenvalue weighted by molar-refractivity contribution is -0.120. The maximum Gasteiger partial charge on any atom is 0.229 e. The largest absolute Gasteiger partial charge is 0.327 e. The molecule has 4 N–H and O–H groups in total. The number of nitrogens with one attached hydrogen (secondary N) is 2. The van der Waals surface area contributed by atoms with Gasteiger partial charge in [-0.3, -0.25) is 9.59 Å². The van der Waals surface area contributed by atoms with Crippen molar-refractivity contribution in [1.29, 1.82) is 0 Å². The molecule has 0 spiro atoms. The van der Waals surface area contributed by atoms with Crippen molar-refractivity contribution in [3.63, 3.8) is 0 Å². The summed E-state index contributed by atoms with van der Waals surface area (Å²) in [6.07, 6.45) is 3.18. The summed E-state index contributed by atoms with van der Waals surface area (Å²) >= 11 is 0. The minimum Gasteiger partial charge on any atom is -0.327 e. The lowest BCUT2D eigenvalue weighted by Gasteiger charge is -2.17. The van der Waals surface area contributed by atoms with E-state index >= 15 is 0 Å².